The minimum absolute atomic E-state index is 0.0980. The average Bonchev–Trinajstić information content (AvgIpc) is 1.64. The van der Waals surface area contributed by atoms with Crippen molar-refractivity contribution in [2.75, 3.05) is 0 Å². The summed E-state index contributed by atoms with van der Waals surface area (Å²) in [5.41, 5.74) is 0. The zero-order chi connectivity index (χ0) is 6.73. The molecule has 0 bridgehead atoms. The molecule has 8 heteroatoms. The van der Waals surface area contributed by atoms with E-state index in [0.717, 1.165) is 0 Å². The Hall–Kier alpha value is 0.519. The Morgan fingerprint density at radius 1 is 1.00 bits per heavy atom. The Bertz CT molecular complexity index is 45.1. The van der Waals surface area contributed by atoms with Gasteiger partial charge in [-0.3, -0.25) is 0 Å². The molecule has 0 saturated carbocycles. The molecular formula is H3B8-. The Labute approximate surface area is 58.5 Å². The van der Waals surface area contributed by atoms with Gasteiger partial charge in [-0.25, -0.2) is 0 Å². The van der Waals surface area contributed by atoms with E-state index < -0.39 is 6.39 Å². The van der Waals surface area contributed by atoms with Crippen molar-refractivity contribution in [3.8, 4) is 0 Å². The van der Waals surface area contributed by atoms with Crippen LogP contribution in [0.25, 0.3) is 0 Å². The van der Waals surface area contributed by atoms with Crippen molar-refractivity contribution in [2.45, 2.75) is 0 Å². The monoisotopic (exact) mass is 91.1 g/mol. The fourth-order valence-corrected chi connectivity index (χ4v) is 0.128. The lowest BCUT2D eigenvalue weighted by Gasteiger charge is -2.18. The maximum Gasteiger partial charge on any atom is -0.0000992 e. The summed E-state index contributed by atoms with van der Waals surface area (Å²) in [7, 11) is 21.5. The summed E-state index contributed by atoms with van der Waals surface area (Å²) >= 11 is 0. The molecule has 0 aromatic carbocycles. The molecule has 0 amide bonds. The van der Waals surface area contributed by atoms with Crippen molar-refractivity contribution in [1.82, 2.24) is 0 Å². The molecule has 0 aliphatic rings. The highest BCUT2D eigenvalue weighted by molar-refractivity contribution is 7.89. The topological polar surface area (TPSA) is 0 Å². The van der Waals surface area contributed by atoms with Gasteiger partial charge in [-0.05, 0) is 43.7 Å². The maximum absolute atomic E-state index is 5.46. The van der Waals surface area contributed by atoms with Crippen molar-refractivity contribution < 1.29 is 0 Å². The van der Waals surface area contributed by atoms with E-state index in [2.05, 4.69) is 0 Å². The summed E-state index contributed by atoms with van der Waals surface area (Å²) < 4.78 is 0. The first kappa shape index (κ1) is 8.52. The van der Waals surface area contributed by atoms with Crippen molar-refractivity contribution >= 4 is 57.8 Å². The van der Waals surface area contributed by atoms with Gasteiger partial charge in [0.05, 0.1) is 0 Å². The van der Waals surface area contributed by atoms with Crippen LogP contribution in [0.3, 0.4) is 0 Å². The SMILES string of the molecule is [B]B([B])B([B])B([B])[BH3-]. The van der Waals surface area contributed by atoms with E-state index in [4.69, 9.17) is 30.9 Å². The van der Waals surface area contributed by atoms with Gasteiger partial charge in [-0.2, -0.15) is 0 Å². The van der Waals surface area contributed by atoms with E-state index in [0.29, 0.717) is 0 Å². The standard InChI is InChI=1S/B8H3/c1-6(2)8(5)7(3)4/h1H3/q-1. The third-order valence-corrected chi connectivity index (χ3v) is 0.667. The molecule has 0 unspecified atom stereocenters. The first-order valence-electron chi connectivity index (χ1n) is 2.00. The largest absolute Gasteiger partial charge is 0.128 e. The van der Waals surface area contributed by atoms with Crippen LogP contribution in [0, 0.1) is 0 Å². The molecule has 8 radical (unpaired) electrons. The maximum atomic E-state index is 5.46. The van der Waals surface area contributed by atoms with Crippen LogP contribution in [0.15, 0.2) is 0 Å². The molecule has 0 aliphatic heterocycles. The molecule has 28 valence electrons. The summed E-state index contributed by atoms with van der Waals surface area (Å²) in [4.78, 5) is 0. The fourth-order valence-electron chi connectivity index (χ4n) is 0.128. The lowest BCUT2D eigenvalue weighted by molar-refractivity contribution is 3.62. The number of rotatable bonds is 2. The van der Waals surface area contributed by atoms with E-state index in [1.807, 2.05) is 0 Å². The van der Waals surface area contributed by atoms with Crippen LogP contribution in [0.1, 0.15) is 0 Å². The van der Waals surface area contributed by atoms with Crippen molar-refractivity contribution in [2.24, 2.45) is 0 Å². The Balaban J connectivity index is 3.46. The number of hydrogen-bond donors (Lipinski definition) is 0. The van der Waals surface area contributed by atoms with E-state index in [1.54, 1.807) is 0 Å². The summed E-state index contributed by atoms with van der Waals surface area (Å²) in [5.74, 6) is 0. The van der Waals surface area contributed by atoms with E-state index in [1.165, 1.54) is 0 Å². The van der Waals surface area contributed by atoms with Crippen molar-refractivity contribution in [3.63, 3.8) is 0 Å². The van der Waals surface area contributed by atoms with Crippen LogP contribution >= 0.6 is 0 Å². The van der Waals surface area contributed by atoms with Crippen LogP contribution in [0.4, 0.5) is 0 Å². The zero-order valence-electron chi connectivity index (χ0n) is 4.04. The normalized spacial score (nSPS) is 8.12. The van der Waals surface area contributed by atoms with Gasteiger partial charge in [-0.15, -0.1) is 6.39 Å². The predicted octanol–water partition coefficient (Wildman–Crippen LogP) is -3.85. The molecule has 0 heterocycles. The molecule has 0 N–H and O–H groups in total. The van der Waals surface area contributed by atoms with Gasteiger partial charge in [0.15, 0.2) is 0 Å². The fraction of sp³-hybridized carbons (Fsp3) is 0. The first-order chi connectivity index (χ1) is 3.55. The molecule has 0 saturated heterocycles. The molecule has 0 aromatic heterocycles. The van der Waals surface area contributed by atoms with Crippen LogP contribution in [0.5, 0.6) is 0 Å². The highest BCUT2D eigenvalue weighted by atomic mass is 13.0. The van der Waals surface area contributed by atoms with Crippen LogP contribution in [-0.4, -0.2) is 57.8 Å². The molecular weight excluding hydrogens is 86.5 g/mol. The first-order valence-corrected chi connectivity index (χ1v) is 2.00. The second-order valence-electron chi connectivity index (χ2n) is 1.35. The zero-order valence-corrected chi connectivity index (χ0v) is 4.04. The molecule has 0 spiro atoms. The van der Waals surface area contributed by atoms with Gasteiger partial charge < -0.3 is 0 Å². The summed E-state index contributed by atoms with van der Waals surface area (Å²) in [5, 5.41) is 0. The Kier molecular flexibility index (Phi) is 3.76. The summed E-state index contributed by atoms with van der Waals surface area (Å²) in [6.07, 6.45) is -0.507. The lowest BCUT2D eigenvalue weighted by Crippen LogP contribution is -2.52. The summed E-state index contributed by atoms with van der Waals surface area (Å²) in [6, 6.07) is 0. The highest BCUT2D eigenvalue weighted by Gasteiger charge is 2.10. The average molecular weight is 89.5 g/mol. The Morgan fingerprint density at radius 3 is 1.38 bits per heavy atom. The minimum Gasteiger partial charge on any atom is -0.128 e. The van der Waals surface area contributed by atoms with Gasteiger partial charge in [0.25, 0.3) is 0 Å². The van der Waals surface area contributed by atoms with Gasteiger partial charge in [0.2, 0.25) is 0 Å². The van der Waals surface area contributed by atoms with E-state index in [9.17, 15) is 0 Å². The smallest absolute Gasteiger partial charge is 0.0000992 e. The predicted molar refractivity (Wildman–Crippen MR) is 50.2 cm³/mol. The van der Waals surface area contributed by atoms with Crippen LogP contribution in [-0.2, 0) is 0 Å². The third kappa shape index (κ3) is 2.74. The molecule has 0 fully saturated rings. The molecule has 0 aliphatic carbocycles. The Morgan fingerprint density at radius 2 is 1.38 bits per heavy atom. The van der Waals surface area contributed by atoms with Crippen LogP contribution < -0.4 is 0 Å². The van der Waals surface area contributed by atoms with Crippen LogP contribution in [0.2, 0.25) is 0 Å². The second-order valence-corrected chi connectivity index (χ2v) is 1.35. The molecule has 0 rings (SSSR count). The third-order valence-electron chi connectivity index (χ3n) is 0.667. The molecule has 0 aromatic rings. The molecule has 0 atom stereocenters. The second kappa shape index (κ2) is 3.53. The summed E-state index contributed by atoms with van der Waals surface area (Å²) in [6.45, 7) is 0. The van der Waals surface area contributed by atoms with E-state index >= 15 is 0 Å². The van der Waals surface area contributed by atoms with Gasteiger partial charge in [0.1, 0.15) is 0 Å². The quantitative estimate of drug-likeness (QED) is 0.304. The van der Waals surface area contributed by atoms with Gasteiger partial charge >= 0.3 is 0 Å². The lowest BCUT2D eigenvalue weighted by atomic mass is 8.68. The highest BCUT2D eigenvalue weighted by Crippen LogP contribution is 1.76. The minimum atomic E-state index is -0.442. The van der Waals surface area contributed by atoms with Crippen molar-refractivity contribution in [3.05, 3.63) is 0 Å². The van der Waals surface area contributed by atoms with Gasteiger partial charge in [0, 0.05) is 0 Å². The number of hydrogen-bond acceptors (Lipinski definition) is 0. The molecule has 0 nitrogen and oxygen atoms in total. The van der Waals surface area contributed by atoms with Crippen molar-refractivity contribution in [1.29, 1.82) is 0 Å². The van der Waals surface area contributed by atoms with E-state index in [-0.39, 0.29) is 20.5 Å². The molecule has 8 heavy (non-hydrogen) atoms. The van der Waals surface area contributed by atoms with Gasteiger partial charge in [-0.1, -0.05) is 7.74 Å².